The van der Waals surface area contributed by atoms with Gasteiger partial charge in [-0.1, -0.05) is 17.7 Å². The number of esters is 1. The van der Waals surface area contributed by atoms with E-state index in [1.807, 2.05) is 13.0 Å². The van der Waals surface area contributed by atoms with Gasteiger partial charge in [0.15, 0.2) is 0 Å². The molecular formula is C22H18N2O5. The van der Waals surface area contributed by atoms with Crippen molar-refractivity contribution in [2.45, 2.75) is 6.92 Å². The van der Waals surface area contributed by atoms with E-state index in [1.54, 1.807) is 42.5 Å². The summed E-state index contributed by atoms with van der Waals surface area (Å²) < 4.78 is 5.33. The predicted octanol–water partition coefficient (Wildman–Crippen LogP) is 3.39. The second-order valence-electron chi connectivity index (χ2n) is 6.23. The number of aryl methyl sites for hydroxylation is 1. The molecule has 0 saturated carbocycles. The highest BCUT2D eigenvalue weighted by Gasteiger charge is 2.11. The first kappa shape index (κ1) is 19.6. The SMILES string of the molecule is Cc1cccc(C(=O)Oc2ccc(/C=N\NC(=O)c3ccc(O)cc3O)cc2)c1. The highest BCUT2D eigenvalue weighted by molar-refractivity contribution is 5.97. The van der Waals surface area contributed by atoms with Crippen molar-refractivity contribution in [2.75, 3.05) is 0 Å². The van der Waals surface area contributed by atoms with Crippen LogP contribution in [0.2, 0.25) is 0 Å². The van der Waals surface area contributed by atoms with Crippen LogP contribution in [0.25, 0.3) is 0 Å². The number of hydrogen-bond donors (Lipinski definition) is 3. The third-order valence-corrected chi connectivity index (χ3v) is 3.95. The van der Waals surface area contributed by atoms with Gasteiger partial charge in [-0.15, -0.1) is 0 Å². The molecule has 1 amide bonds. The zero-order chi connectivity index (χ0) is 20.8. The topological polar surface area (TPSA) is 108 Å². The van der Waals surface area contributed by atoms with E-state index in [0.29, 0.717) is 16.9 Å². The molecule has 7 heteroatoms. The Bertz CT molecular complexity index is 1070. The van der Waals surface area contributed by atoms with E-state index in [1.165, 1.54) is 18.3 Å². The molecule has 0 radical (unpaired) electrons. The van der Waals surface area contributed by atoms with Crippen LogP contribution in [0.5, 0.6) is 17.2 Å². The zero-order valence-corrected chi connectivity index (χ0v) is 15.5. The highest BCUT2D eigenvalue weighted by Crippen LogP contribution is 2.22. The van der Waals surface area contributed by atoms with E-state index in [0.717, 1.165) is 11.6 Å². The molecule has 0 aromatic heterocycles. The molecule has 0 saturated heterocycles. The predicted molar refractivity (Wildman–Crippen MR) is 107 cm³/mol. The Morgan fingerprint density at radius 3 is 2.45 bits per heavy atom. The van der Waals surface area contributed by atoms with Gasteiger partial charge < -0.3 is 14.9 Å². The molecule has 0 aliphatic carbocycles. The first-order valence-corrected chi connectivity index (χ1v) is 8.66. The number of amides is 1. The summed E-state index contributed by atoms with van der Waals surface area (Å²) >= 11 is 0. The average Bonchev–Trinajstić information content (AvgIpc) is 2.69. The van der Waals surface area contributed by atoms with Gasteiger partial charge in [0.25, 0.3) is 5.91 Å². The third kappa shape index (κ3) is 5.20. The van der Waals surface area contributed by atoms with Gasteiger partial charge in [0, 0.05) is 6.07 Å². The van der Waals surface area contributed by atoms with E-state index < -0.39 is 11.9 Å². The number of carbonyl (C=O) groups excluding carboxylic acids is 2. The number of nitrogens with zero attached hydrogens (tertiary/aromatic N) is 1. The van der Waals surface area contributed by atoms with Crippen LogP contribution in [0.1, 0.15) is 31.8 Å². The zero-order valence-electron chi connectivity index (χ0n) is 15.5. The number of hydrogen-bond acceptors (Lipinski definition) is 6. The molecule has 0 heterocycles. The van der Waals surface area contributed by atoms with E-state index in [4.69, 9.17) is 4.74 Å². The van der Waals surface area contributed by atoms with Crippen molar-refractivity contribution >= 4 is 18.1 Å². The Morgan fingerprint density at radius 1 is 1.00 bits per heavy atom. The Morgan fingerprint density at radius 2 is 1.76 bits per heavy atom. The Hall–Kier alpha value is -4.13. The number of phenols is 2. The second-order valence-corrected chi connectivity index (χ2v) is 6.23. The fourth-order valence-electron chi connectivity index (χ4n) is 2.50. The van der Waals surface area contributed by atoms with Gasteiger partial charge in [0.2, 0.25) is 0 Å². The molecule has 0 unspecified atom stereocenters. The maximum atomic E-state index is 12.1. The molecule has 3 N–H and O–H groups in total. The summed E-state index contributed by atoms with van der Waals surface area (Å²) in [5.74, 6) is -1.19. The number of carbonyl (C=O) groups is 2. The lowest BCUT2D eigenvalue weighted by Crippen LogP contribution is -2.17. The molecule has 0 aliphatic rings. The molecule has 7 nitrogen and oxygen atoms in total. The van der Waals surface area contributed by atoms with Crippen molar-refractivity contribution in [3.63, 3.8) is 0 Å². The lowest BCUT2D eigenvalue weighted by Gasteiger charge is -2.05. The molecular weight excluding hydrogens is 372 g/mol. The fourth-order valence-corrected chi connectivity index (χ4v) is 2.50. The van der Waals surface area contributed by atoms with Crippen LogP contribution >= 0.6 is 0 Å². The molecule has 0 atom stereocenters. The smallest absolute Gasteiger partial charge is 0.343 e. The maximum Gasteiger partial charge on any atom is 0.343 e. The van der Waals surface area contributed by atoms with E-state index in [2.05, 4.69) is 10.5 Å². The summed E-state index contributed by atoms with van der Waals surface area (Å²) in [5.41, 5.74) is 4.37. The van der Waals surface area contributed by atoms with Crippen molar-refractivity contribution in [2.24, 2.45) is 5.10 Å². The van der Waals surface area contributed by atoms with Gasteiger partial charge in [0.05, 0.1) is 17.3 Å². The molecule has 0 fully saturated rings. The summed E-state index contributed by atoms with van der Waals surface area (Å²) in [6.07, 6.45) is 1.40. The van der Waals surface area contributed by atoms with Crippen molar-refractivity contribution in [3.05, 3.63) is 89.0 Å². The van der Waals surface area contributed by atoms with Crippen molar-refractivity contribution < 1.29 is 24.5 Å². The van der Waals surface area contributed by atoms with Gasteiger partial charge in [-0.05, 0) is 61.0 Å². The van der Waals surface area contributed by atoms with Crippen LogP contribution in [-0.2, 0) is 0 Å². The Labute approximate surface area is 166 Å². The summed E-state index contributed by atoms with van der Waals surface area (Å²) in [4.78, 5) is 24.1. The monoisotopic (exact) mass is 390 g/mol. The molecule has 146 valence electrons. The maximum absolute atomic E-state index is 12.1. The van der Waals surface area contributed by atoms with Crippen LogP contribution in [0.3, 0.4) is 0 Å². The van der Waals surface area contributed by atoms with Crippen molar-refractivity contribution in [3.8, 4) is 17.2 Å². The number of nitrogens with one attached hydrogen (secondary N) is 1. The highest BCUT2D eigenvalue weighted by atomic mass is 16.5. The molecule has 3 aromatic carbocycles. The minimum atomic E-state index is -0.623. The van der Waals surface area contributed by atoms with E-state index >= 15 is 0 Å². The van der Waals surface area contributed by atoms with Gasteiger partial charge in [-0.2, -0.15) is 5.10 Å². The average molecular weight is 390 g/mol. The lowest BCUT2D eigenvalue weighted by atomic mass is 10.1. The second kappa shape index (κ2) is 8.71. The van der Waals surface area contributed by atoms with Crippen molar-refractivity contribution in [1.29, 1.82) is 0 Å². The fraction of sp³-hybridized carbons (Fsp3) is 0.0455. The largest absolute Gasteiger partial charge is 0.508 e. The van der Waals surface area contributed by atoms with Crippen LogP contribution in [0.4, 0.5) is 0 Å². The Kier molecular flexibility index (Phi) is 5.89. The van der Waals surface area contributed by atoms with Gasteiger partial charge in [-0.3, -0.25) is 4.79 Å². The number of phenolic OH excluding ortho intramolecular Hbond substituents is 2. The molecule has 29 heavy (non-hydrogen) atoms. The van der Waals surface area contributed by atoms with Gasteiger partial charge >= 0.3 is 5.97 Å². The van der Waals surface area contributed by atoms with Crippen LogP contribution in [0.15, 0.2) is 71.8 Å². The van der Waals surface area contributed by atoms with E-state index in [9.17, 15) is 19.8 Å². The lowest BCUT2D eigenvalue weighted by molar-refractivity contribution is 0.0734. The molecule has 3 rings (SSSR count). The first-order valence-electron chi connectivity index (χ1n) is 8.66. The number of hydrazone groups is 1. The molecule has 3 aromatic rings. The quantitative estimate of drug-likeness (QED) is 0.268. The normalized spacial score (nSPS) is 10.7. The van der Waals surface area contributed by atoms with Crippen molar-refractivity contribution in [1.82, 2.24) is 5.43 Å². The van der Waals surface area contributed by atoms with Gasteiger partial charge in [0.1, 0.15) is 17.2 Å². The number of ether oxygens (including phenoxy) is 1. The summed E-state index contributed by atoms with van der Waals surface area (Å²) in [6, 6.07) is 17.3. The van der Waals surface area contributed by atoms with E-state index in [-0.39, 0.29) is 17.1 Å². The first-order chi connectivity index (χ1) is 13.9. The summed E-state index contributed by atoms with van der Waals surface area (Å²) in [7, 11) is 0. The minimum Gasteiger partial charge on any atom is -0.508 e. The molecule has 0 spiro atoms. The minimum absolute atomic E-state index is 0.0154. The number of benzene rings is 3. The molecule has 0 aliphatic heterocycles. The molecule has 0 bridgehead atoms. The van der Waals surface area contributed by atoms with Gasteiger partial charge in [-0.25, -0.2) is 10.2 Å². The summed E-state index contributed by atoms with van der Waals surface area (Å²) in [6.45, 7) is 1.90. The summed E-state index contributed by atoms with van der Waals surface area (Å²) in [5, 5.41) is 22.7. The number of rotatable bonds is 5. The third-order valence-electron chi connectivity index (χ3n) is 3.95. The number of aromatic hydroxyl groups is 2. The standard InChI is InChI=1S/C22H18N2O5/c1-14-3-2-4-16(11-14)22(28)29-18-8-5-15(6-9-18)13-23-24-21(27)19-10-7-17(25)12-20(19)26/h2-13,25-26H,1H3,(H,24,27)/b23-13-. The van der Waals surface area contributed by atoms with Crippen LogP contribution in [-0.4, -0.2) is 28.3 Å². The van der Waals surface area contributed by atoms with Crippen LogP contribution < -0.4 is 10.2 Å². The Balaban J connectivity index is 1.58. The van der Waals surface area contributed by atoms with Crippen LogP contribution in [0, 0.1) is 6.92 Å².